The Morgan fingerprint density at radius 2 is 1.95 bits per heavy atom. The summed E-state index contributed by atoms with van der Waals surface area (Å²) in [6, 6.07) is 10.4. The van der Waals surface area contributed by atoms with E-state index in [4.69, 9.17) is 4.42 Å². The number of benzene rings is 1. The van der Waals surface area contributed by atoms with Gasteiger partial charge in [0.1, 0.15) is 11.5 Å². The monoisotopic (exact) mass is 284 g/mol. The molecule has 3 rings (SSSR count). The molecule has 1 aliphatic rings. The van der Waals surface area contributed by atoms with Crippen LogP contribution in [0.5, 0.6) is 0 Å². The quantitative estimate of drug-likeness (QED) is 0.884. The van der Waals surface area contributed by atoms with Gasteiger partial charge in [-0.15, -0.1) is 0 Å². The Morgan fingerprint density at radius 1 is 1.24 bits per heavy atom. The first-order valence-electron chi connectivity index (χ1n) is 7.32. The van der Waals surface area contributed by atoms with Crippen LogP contribution < -0.4 is 10.6 Å². The molecule has 21 heavy (non-hydrogen) atoms. The summed E-state index contributed by atoms with van der Waals surface area (Å²) >= 11 is 0. The lowest BCUT2D eigenvalue weighted by molar-refractivity contribution is 0.102. The van der Waals surface area contributed by atoms with Gasteiger partial charge < -0.3 is 15.1 Å². The van der Waals surface area contributed by atoms with E-state index in [1.54, 1.807) is 13.0 Å². The number of carbonyl (C=O) groups is 1. The molecular formula is C17H20N2O2. The molecule has 1 saturated carbocycles. The van der Waals surface area contributed by atoms with Crippen LogP contribution in [0.15, 0.2) is 34.7 Å². The molecule has 0 spiro atoms. The van der Waals surface area contributed by atoms with Crippen LogP contribution in [-0.2, 0) is 6.54 Å². The number of hydrogen-bond acceptors (Lipinski definition) is 3. The standard InChI is InChI=1S/C17H20N2O2/c1-11-9-16(12(2)21-11)17(20)19-15-5-3-13(4-6-15)10-18-14-7-8-14/h3-6,9,14,18H,7-8,10H2,1-2H3,(H,19,20). The molecule has 0 radical (unpaired) electrons. The van der Waals surface area contributed by atoms with Crippen molar-refractivity contribution in [2.45, 2.75) is 39.3 Å². The van der Waals surface area contributed by atoms with Gasteiger partial charge in [0, 0.05) is 18.3 Å². The zero-order chi connectivity index (χ0) is 14.8. The number of aryl methyl sites for hydroxylation is 2. The average Bonchev–Trinajstić information content (AvgIpc) is 3.22. The van der Waals surface area contributed by atoms with Crippen molar-refractivity contribution in [1.82, 2.24) is 5.32 Å². The summed E-state index contributed by atoms with van der Waals surface area (Å²) < 4.78 is 5.38. The average molecular weight is 284 g/mol. The first-order chi connectivity index (χ1) is 10.1. The number of nitrogens with one attached hydrogen (secondary N) is 2. The van der Waals surface area contributed by atoms with Crippen LogP contribution in [-0.4, -0.2) is 11.9 Å². The molecule has 0 bridgehead atoms. The fraction of sp³-hybridized carbons (Fsp3) is 0.353. The van der Waals surface area contributed by atoms with Gasteiger partial charge in [0.25, 0.3) is 5.91 Å². The van der Waals surface area contributed by atoms with Crippen LogP contribution in [0.2, 0.25) is 0 Å². The SMILES string of the molecule is Cc1cc(C(=O)Nc2ccc(CNC3CC3)cc2)c(C)o1. The normalized spacial score (nSPS) is 14.2. The predicted octanol–water partition coefficient (Wildman–Crippen LogP) is 3.40. The van der Waals surface area contributed by atoms with Crippen LogP contribution >= 0.6 is 0 Å². The highest BCUT2D eigenvalue weighted by molar-refractivity contribution is 6.05. The molecule has 1 amide bonds. The van der Waals surface area contributed by atoms with Crippen LogP contribution in [0, 0.1) is 13.8 Å². The maximum Gasteiger partial charge on any atom is 0.259 e. The van der Waals surface area contributed by atoms with E-state index in [9.17, 15) is 4.79 Å². The van der Waals surface area contributed by atoms with Gasteiger partial charge in [0.05, 0.1) is 5.56 Å². The Morgan fingerprint density at radius 3 is 2.52 bits per heavy atom. The first kappa shape index (κ1) is 13.9. The van der Waals surface area contributed by atoms with E-state index < -0.39 is 0 Å². The van der Waals surface area contributed by atoms with Crippen molar-refractivity contribution < 1.29 is 9.21 Å². The number of furan rings is 1. The van der Waals surface area contributed by atoms with Crippen molar-refractivity contribution in [2.75, 3.05) is 5.32 Å². The maximum absolute atomic E-state index is 12.2. The predicted molar refractivity (Wildman–Crippen MR) is 82.4 cm³/mol. The highest BCUT2D eigenvalue weighted by atomic mass is 16.3. The van der Waals surface area contributed by atoms with Crippen molar-refractivity contribution in [1.29, 1.82) is 0 Å². The zero-order valence-corrected chi connectivity index (χ0v) is 12.4. The first-order valence-corrected chi connectivity index (χ1v) is 7.32. The lowest BCUT2D eigenvalue weighted by Gasteiger charge is -2.07. The van der Waals surface area contributed by atoms with E-state index in [1.165, 1.54) is 18.4 Å². The number of rotatable bonds is 5. The minimum atomic E-state index is -0.131. The van der Waals surface area contributed by atoms with Crippen LogP contribution in [0.1, 0.15) is 40.3 Å². The second kappa shape index (κ2) is 5.74. The summed E-state index contributed by atoms with van der Waals surface area (Å²) in [5, 5.41) is 6.37. The van der Waals surface area contributed by atoms with Gasteiger partial charge in [0.2, 0.25) is 0 Å². The number of amides is 1. The van der Waals surface area contributed by atoms with Crippen molar-refractivity contribution in [3.63, 3.8) is 0 Å². The smallest absolute Gasteiger partial charge is 0.259 e. The third kappa shape index (κ3) is 3.52. The third-order valence-corrected chi connectivity index (χ3v) is 3.67. The van der Waals surface area contributed by atoms with Gasteiger partial charge in [-0.05, 0) is 50.5 Å². The largest absolute Gasteiger partial charge is 0.466 e. The van der Waals surface area contributed by atoms with Gasteiger partial charge in [-0.2, -0.15) is 0 Å². The minimum Gasteiger partial charge on any atom is -0.466 e. The molecule has 1 aromatic carbocycles. The molecule has 4 nitrogen and oxygen atoms in total. The highest BCUT2D eigenvalue weighted by Gasteiger charge is 2.19. The van der Waals surface area contributed by atoms with Crippen molar-refractivity contribution in [3.05, 3.63) is 53.0 Å². The Kier molecular flexibility index (Phi) is 3.80. The highest BCUT2D eigenvalue weighted by Crippen LogP contribution is 2.20. The molecule has 4 heteroatoms. The summed E-state index contributed by atoms with van der Waals surface area (Å²) in [7, 11) is 0. The van der Waals surface area contributed by atoms with E-state index in [-0.39, 0.29) is 5.91 Å². The van der Waals surface area contributed by atoms with Crippen LogP contribution in [0.3, 0.4) is 0 Å². The summed E-state index contributed by atoms with van der Waals surface area (Å²) in [4.78, 5) is 12.2. The number of hydrogen-bond donors (Lipinski definition) is 2. The summed E-state index contributed by atoms with van der Waals surface area (Å²) in [6.45, 7) is 4.53. The van der Waals surface area contributed by atoms with Crippen LogP contribution in [0.25, 0.3) is 0 Å². The fourth-order valence-electron chi connectivity index (χ4n) is 2.31. The van der Waals surface area contributed by atoms with E-state index in [1.807, 2.05) is 31.2 Å². The van der Waals surface area contributed by atoms with E-state index in [0.717, 1.165) is 18.0 Å². The lowest BCUT2D eigenvalue weighted by atomic mass is 10.2. The van der Waals surface area contributed by atoms with Crippen molar-refractivity contribution in [3.8, 4) is 0 Å². The molecule has 0 saturated heterocycles. The summed E-state index contributed by atoms with van der Waals surface area (Å²) in [5.74, 6) is 1.27. The van der Waals surface area contributed by atoms with Gasteiger partial charge in [0.15, 0.2) is 0 Å². The molecule has 1 fully saturated rings. The number of anilines is 1. The van der Waals surface area contributed by atoms with Crippen LogP contribution in [0.4, 0.5) is 5.69 Å². The number of carbonyl (C=O) groups excluding carboxylic acids is 1. The molecule has 2 N–H and O–H groups in total. The molecule has 0 aliphatic heterocycles. The molecule has 110 valence electrons. The molecule has 1 aliphatic carbocycles. The summed E-state index contributed by atoms with van der Waals surface area (Å²) in [6.07, 6.45) is 2.58. The molecule has 0 atom stereocenters. The Bertz CT molecular complexity index is 639. The lowest BCUT2D eigenvalue weighted by Crippen LogP contribution is -2.15. The van der Waals surface area contributed by atoms with Crippen molar-refractivity contribution >= 4 is 11.6 Å². The van der Waals surface area contributed by atoms with Crippen molar-refractivity contribution in [2.24, 2.45) is 0 Å². The Hall–Kier alpha value is -2.07. The van der Waals surface area contributed by atoms with E-state index in [0.29, 0.717) is 17.4 Å². The molecule has 1 aromatic heterocycles. The van der Waals surface area contributed by atoms with Gasteiger partial charge >= 0.3 is 0 Å². The molecule has 2 aromatic rings. The topological polar surface area (TPSA) is 54.3 Å². The molecule has 0 unspecified atom stereocenters. The second-order valence-electron chi connectivity index (χ2n) is 5.63. The second-order valence-corrected chi connectivity index (χ2v) is 5.63. The summed E-state index contributed by atoms with van der Waals surface area (Å²) in [5.41, 5.74) is 2.62. The maximum atomic E-state index is 12.2. The minimum absolute atomic E-state index is 0.131. The van der Waals surface area contributed by atoms with Gasteiger partial charge in [-0.3, -0.25) is 4.79 Å². The van der Waals surface area contributed by atoms with Gasteiger partial charge in [-0.1, -0.05) is 12.1 Å². The Balaban J connectivity index is 1.61. The van der Waals surface area contributed by atoms with E-state index in [2.05, 4.69) is 10.6 Å². The molecular weight excluding hydrogens is 264 g/mol. The Labute approximate surface area is 124 Å². The van der Waals surface area contributed by atoms with Gasteiger partial charge in [-0.25, -0.2) is 0 Å². The van der Waals surface area contributed by atoms with E-state index >= 15 is 0 Å². The third-order valence-electron chi connectivity index (χ3n) is 3.67. The zero-order valence-electron chi connectivity index (χ0n) is 12.4. The fourth-order valence-corrected chi connectivity index (χ4v) is 2.31. The molecule has 1 heterocycles.